The van der Waals surface area contributed by atoms with Crippen molar-refractivity contribution in [3.63, 3.8) is 0 Å². The Kier molecular flexibility index (Phi) is 2.61. The normalized spacial score (nSPS) is 15.8. The zero-order valence-electron chi connectivity index (χ0n) is 8.44. The van der Waals surface area contributed by atoms with Crippen LogP contribution in [0.4, 0.5) is 0 Å². The van der Waals surface area contributed by atoms with Crippen molar-refractivity contribution >= 4 is 5.78 Å². The van der Waals surface area contributed by atoms with Gasteiger partial charge in [-0.3, -0.25) is 9.48 Å². The first-order valence-electron chi connectivity index (χ1n) is 5.13. The highest BCUT2D eigenvalue weighted by Crippen LogP contribution is 2.31. The minimum absolute atomic E-state index is 0.400. The van der Waals surface area contributed by atoms with Crippen molar-refractivity contribution in [3.8, 4) is 0 Å². The Balaban J connectivity index is 1.69. The first-order chi connectivity index (χ1) is 6.75. The summed E-state index contributed by atoms with van der Waals surface area (Å²) >= 11 is 0. The monoisotopic (exact) mass is 193 g/mol. The van der Waals surface area contributed by atoms with E-state index in [0.717, 1.165) is 31.4 Å². The Hall–Kier alpha value is -1.19. The van der Waals surface area contributed by atoms with Crippen LogP contribution in [0.1, 0.15) is 31.4 Å². The van der Waals surface area contributed by atoms with E-state index < -0.39 is 0 Å². The Bertz CT molecular complexity index is 328. The highest BCUT2D eigenvalue weighted by atomic mass is 16.1. The first-order valence-corrected chi connectivity index (χ1v) is 5.13. The van der Waals surface area contributed by atoms with Crippen LogP contribution in [0, 0.1) is 5.92 Å². The molecule has 4 heteroatoms. The SMILES string of the molecule is Cn1cc(CCCC(=O)C2CC2)nn1. The number of carbonyl (C=O) groups is 1. The first kappa shape index (κ1) is 9.37. The number of hydrogen-bond donors (Lipinski definition) is 0. The molecule has 1 aromatic rings. The molecule has 0 radical (unpaired) electrons. The molecule has 1 fully saturated rings. The summed E-state index contributed by atoms with van der Waals surface area (Å²) < 4.78 is 1.69. The number of ketones is 1. The molecule has 0 atom stereocenters. The van der Waals surface area contributed by atoms with Gasteiger partial charge in [-0.25, -0.2) is 0 Å². The van der Waals surface area contributed by atoms with Crippen molar-refractivity contribution in [1.29, 1.82) is 0 Å². The van der Waals surface area contributed by atoms with Crippen molar-refractivity contribution in [3.05, 3.63) is 11.9 Å². The second-order valence-electron chi connectivity index (χ2n) is 3.98. The Morgan fingerprint density at radius 1 is 1.64 bits per heavy atom. The molecule has 14 heavy (non-hydrogen) atoms. The third-order valence-corrected chi connectivity index (χ3v) is 2.54. The van der Waals surface area contributed by atoms with Gasteiger partial charge in [0.25, 0.3) is 0 Å². The number of aromatic nitrogens is 3. The molecule has 4 nitrogen and oxygen atoms in total. The fraction of sp³-hybridized carbons (Fsp3) is 0.700. The summed E-state index contributed by atoms with van der Waals surface area (Å²) in [5, 5.41) is 7.82. The maximum atomic E-state index is 11.4. The molecular weight excluding hydrogens is 178 g/mol. The number of carbonyl (C=O) groups excluding carboxylic acids is 1. The lowest BCUT2D eigenvalue weighted by molar-refractivity contribution is -0.120. The molecule has 1 aliphatic carbocycles. The van der Waals surface area contributed by atoms with Crippen molar-refractivity contribution in [2.24, 2.45) is 13.0 Å². The van der Waals surface area contributed by atoms with E-state index in [1.807, 2.05) is 13.2 Å². The van der Waals surface area contributed by atoms with E-state index in [1.54, 1.807) is 4.68 Å². The fourth-order valence-electron chi connectivity index (χ4n) is 1.56. The molecule has 0 spiro atoms. The lowest BCUT2D eigenvalue weighted by Gasteiger charge is -1.96. The molecule has 1 saturated carbocycles. The summed E-state index contributed by atoms with van der Waals surface area (Å²) in [5.74, 6) is 0.839. The second-order valence-corrected chi connectivity index (χ2v) is 3.98. The van der Waals surface area contributed by atoms with E-state index in [1.165, 1.54) is 0 Å². The molecule has 0 unspecified atom stereocenters. The van der Waals surface area contributed by atoms with E-state index in [9.17, 15) is 4.79 Å². The van der Waals surface area contributed by atoms with Crippen LogP contribution in [0.3, 0.4) is 0 Å². The predicted octanol–water partition coefficient (Wildman–Crippen LogP) is 1.12. The Labute approximate surface area is 83.3 Å². The third-order valence-electron chi connectivity index (χ3n) is 2.54. The van der Waals surface area contributed by atoms with Crippen LogP contribution in [0.5, 0.6) is 0 Å². The summed E-state index contributed by atoms with van der Waals surface area (Å²) in [7, 11) is 1.85. The summed E-state index contributed by atoms with van der Waals surface area (Å²) in [6.07, 6.45) is 6.62. The van der Waals surface area contributed by atoms with Crippen LogP contribution in [0.2, 0.25) is 0 Å². The van der Waals surface area contributed by atoms with E-state index >= 15 is 0 Å². The molecule has 0 aliphatic heterocycles. The quantitative estimate of drug-likeness (QED) is 0.704. The number of Topliss-reactive ketones (excluding diaryl/α,β-unsaturated/α-hetero) is 1. The van der Waals surface area contributed by atoms with Gasteiger partial charge in [-0.05, 0) is 25.7 Å². The lowest BCUT2D eigenvalue weighted by atomic mass is 10.1. The molecule has 76 valence electrons. The van der Waals surface area contributed by atoms with Crippen molar-refractivity contribution in [1.82, 2.24) is 15.0 Å². The van der Waals surface area contributed by atoms with E-state index in [0.29, 0.717) is 18.1 Å². The molecule has 1 aromatic heterocycles. The van der Waals surface area contributed by atoms with E-state index in [-0.39, 0.29) is 0 Å². The molecule has 0 N–H and O–H groups in total. The second kappa shape index (κ2) is 3.90. The average molecular weight is 193 g/mol. The molecule has 0 saturated heterocycles. The van der Waals surface area contributed by atoms with Gasteiger partial charge in [-0.2, -0.15) is 0 Å². The smallest absolute Gasteiger partial charge is 0.135 e. The summed E-state index contributed by atoms with van der Waals surface area (Å²) in [6.45, 7) is 0. The summed E-state index contributed by atoms with van der Waals surface area (Å²) in [5.41, 5.74) is 0.982. The molecule has 0 bridgehead atoms. The van der Waals surface area contributed by atoms with Crippen LogP contribution in [-0.2, 0) is 18.3 Å². The van der Waals surface area contributed by atoms with Crippen LogP contribution in [0.15, 0.2) is 6.20 Å². The van der Waals surface area contributed by atoms with Gasteiger partial charge in [-0.15, -0.1) is 5.10 Å². The van der Waals surface area contributed by atoms with Gasteiger partial charge in [0.05, 0.1) is 5.69 Å². The van der Waals surface area contributed by atoms with E-state index in [2.05, 4.69) is 10.3 Å². The zero-order chi connectivity index (χ0) is 9.97. The fourth-order valence-corrected chi connectivity index (χ4v) is 1.56. The molecule has 1 aliphatic rings. The van der Waals surface area contributed by atoms with Gasteiger partial charge in [-0.1, -0.05) is 5.21 Å². The van der Waals surface area contributed by atoms with Crippen LogP contribution >= 0.6 is 0 Å². The number of hydrogen-bond acceptors (Lipinski definition) is 3. The zero-order valence-corrected chi connectivity index (χ0v) is 8.44. The van der Waals surface area contributed by atoms with Gasteiger partial charge in [0.2, 0.25) is 0 Å². The highest BCUT2D eigenvalue weighted by molar-refractivity contribution is 5.83. The van der Waals surface area contributed by atoms with Crippen LogP contribution < -0.4 is 0 Å². The molecule has 0 amide bonds. The van der Waals surface area contributed by atoms with Gasteiger partial charge < -0.3 is 0 Å². The van der Waals surface area contributed by atoms with Gasteiger partial charge in [0, 0.05) is 25.6 Å². The van der Waals surface area contributed by atoms with Gasteiger partial charge in [0.1, 0.15) is 5.78 Å². The maximum Gasteiger partial charge on any atom is 0.135 e. The maximum absolute atomic E-state index is 11.4. The standard InChI is InChI=1S/C10H15N3O/c1-13-7-9(11-12-13)3-2-4-10(14)8-5-6-8/h7-8H,2-6H2,1H3. The molecule has 1 heterocycles. The van der Waals surface area contributed by atoms with Crippen molar-refractivity contribution in [2.45, 2.75) is 32.1 Å². The van der Waals surface area contributed by atoms with Gasteiger partial charge >= 0.3 is 0 Å². The Morgan fingerprint density at radius 3 is 3.00 bits per heavy atom. The number of nitrogens with zero attached hydrogens (tertiary/aromatic N) is 3. The topological polar surface area (TPSA) is 47.8 Å². The van der Waals surface area contributed by atoms with Crippen molar-refractivity contribution < 1.29 is 4.79 Å². The average Bonchev–Trinajstić information content (AvgIpc) is 2.92. The predicted molar refractivity (Wildman–Crippen MR) is 51.7 cm³/mol. The van der Waals surface area contributed by atoms with Crippen LogP contribution in [-0.4, -0.2) is 20.8 Å². The van der Waals surface area contributed by atoms with Crippen LogP contribution in [0.25, 0.3) is 0 Å². The molecule has 2 rings (SSSR count). The Morgan fingerprint density at radius 2 is 2.43 bits per heavy atom. The summed E-state index contributed by atoms with van der Waals surface area (Å²) in [6, 6.07) is 0. The lowest BCUT2D eigenvalue weighted by Crippen LogP contribution is -2.00. The number of rotatable bonds is 5. The molecular formula is C10H15N3O. The van der Waals surface area contributed by atoms with E-state index in [4.69, 9.17) is 0 Å². The largest absolute Gasteiger partial charge is 0.299 e. The molecule has 0 aromatic carbocycles. The van der Waals surface area contributed by atoms with Gasteiger partial charge in [0.15, 0.2) is 0 Å². The number of aryl methyl sites for hydroxylation is 2. The minimum atomic E-state index is 0.400. The summed E-state index contributed by atoms with van der Waals surface area (Å²) in [4.78, 5) is 11.4. The highest BCUT2D eigenvalue weighted by Gasteiger charge is 2.28. The third kappa shape index (κ3) is 2.40. The van der Waals surface area contributed by atoms with Crippen molar-refractivity contribution in [2.75, 3.05) is 0 Å². The minimum Gasteiger partial charge on any atom is -0.299 e.